The number of amides is 1. The number of nitrogens with one attached hydrogen (secondary N) is 1. The average molecular weight is 386 g/mol. The molecule has 1 fully saturated rings. The summed E-state index contributed by atoms with van der Waals surface area (Å²) in [5.74, 6) is 0.0705. The van der Waals surface area contributed by atoms with Crippen molar-refractivity contribution in [2.45, 2.75) is 12.5 Å². The Bertz CT molecular complexity index is 998. The fourth-order valence-electron chi connectivity index (χ4n) is 2.61. The first-order valence-electron chi connectivity index (χ1n) is 8.15. The summed E-state index contributed by atoms with van der Waals surface area (Å²) in [4.78, 5) is 31.2. The van der Waals surface area contributed by atoms with Crippen LogP contribution in [0.2, 0.25) is 0 Å². The Balaban J connectivity index is 1.45. The van der Waals surface area contributed by atoms with E-state index in [9.17, 15) is 14.9 Å². The summed E-state index contributed by atoms with van der Waals surface area (Å²) in [6, 6.07) is 7.62. The van der Waals surface area contributed by atoms with Crippen molar-refractivity contribution in [3.63, 3.8) is 0 Å². The van der Waals surface area contributed by atoms with Crippen molar-refractivity contribution >= 4 is 38.3 Å². The quantitative estimate of drug-likeness (QED) is 0.529. The lowest BCUT2D eigenvalue weighted by atomic mass is 10.2. The zero-order valence-electron chi connectivity index (χ0n) is 14.0. The van der Waals surface area contributed by atoms with Gasteiger partial charge in [-0.1, -0.05) is 11.3 Å². The Hall–Kier alpha value is -3.11. The number of nitro groups is 1. The summed E-state index contributed by atoms with van der Waals surface area (Å²) >= 11 is 1.17. The maximum absolute atomic E-state index is 12.4. The first kappa shape index (κ1) is 17.3. The topological polar surface area (TPSA) is 116 Å². The molecule has 2 aromatic heterocycles. The van der Waals surface area contributed by atoms with Gasteiger partial charge in [0.25, 0.3) is 11.6 Å². The molecule has 1 aliphatic rings. The number of carbonyl (C=O) groups is 1. The zero-order valence-corrected chi connectivity index (χ0v) is 14.8. The molecule has 10 heteroatoms. The van der Waals surface area contributed by atoms with E-state index >= 15 is 0 Å². The van der Waals surface area contributed by atoms with E-state index in [1.807, 2.05) is 0 Å². The number of nitrogens with zero attached hydrogens (tertiary/aromatic N) is 3. The second kappa shape index (κ2) is 7.25. The van der Waals surface area contributed by atoms with E-state index < -0.39 is 4.92 Å². The number of hydrogen-bond acceptors (Lipinski definition) is 8. The van der Waals surface area contributed by atoms with Crippen LogP contribution in [-0.4, -0.2) is 40.1 Å². The van der Waals surface area contributed by atoms with Crippen LogP contribution in [0.25, 0.3) is 10.2 Å². The molecule has 3 aromatic rings. The summed E-state index contributed by atoms with van der Waals surface area (Å²) < 4.78 is 11.5. The first-order chi connectivity index (χ1) is 13.1. The number of anilines is 1. The highest BCUT2D eigenvalue weighted by Gasteiger charge is 2.18. The number of fused-ring (bicyclic) bond motifs is 1. The molecule has 4 rings (SSSR count). The molecule has 1 aromatic carbocycles. The molecular weight excluding hydrogens is 372 g/mol. The van der Waals surface area contributed by atoms with E-state index in [-0.39, 0.29) is 17.7 Å². The van der Waals surface area contributed by atoms with E-state index in [2.05, 4.69) is 15.3 Å². The lowest BCUT2D eigenvalue weighted by molar-refractivity contribution is -0.384. The minimum absolute atomic E-state index is 0.0102. The van der Waals surface area contributed by atoms with Gasteiger partial charge in [0.1, 0.15) is 6.10 Å². The summed E-state index contributed by atoms with van der Waals surface area (Å²) in [7, 11) is 0. The lowest BCUT2D eigenvalue weighted by Gasteiger charge is -2.10. The molecular formula is C17H14N4O5S. The molecule has 0 saturated carbocycles. The van der Waals surface area contributed by atoms with Crippen molar-refractivity contribution < 1.29 is 19.2 Å². The van der Waals surface area contributed by atoms with Gasteiger partial charge in [0.05, 0.1) is 33.9 Å². The molecule has 0 aliphatic carbocycles. The van der Waals surface area contributed by atoms with Gasteiger partial charge in [-0.15, -0.1) is 0 Å². The molecule has 1 N–H and O–H groups in total. The second-order valence-corrected chi connectivity index (χ2v) is 6.90. The number of non-ortho nitro benzene ring substituents is 1. The maximum Gasteiger partial charge on any atom is 0.270 e. The van der Waals surface area contributed by atoms with E-state index in [0.29, 0.717) is 40.0 Å². The summed E-state index contributed by atoms with van der Waals surface area (Å²) in [6.07, 6.45) is 2.24. The third kappa shape index (κ3) is 3.86. The Kier molecular flexibility index (Phi) is 4.65. The average Bonchev–Trinajstić information content (AvgIpc) is 3.30. The Morgan fingerprint density at radius 2 is 2.26 bits per heavy atom. The fraction of sp³-hybridized carbons (Fsp3) is 0.235. The van der Waals surface area contributed by atoms with Crippen molar-refractivity contribution in [2.75, 3.05) is 18.5 Å². The van der Waals surface area contributed by atoms with Crippen LogP contribution in [0.4, 0.5) is 10.8 Å². The van der Waals surface area contributed by atoms with Gasteiger partial charge in [0.15, 0.2) is 5.13 Å². The van der Waals surface area contributed by atoms with E-state index in [1.165, 1.54) is 29.7 Å². The number of rotatable bonds is 5. The second-order valence-electron chi connectivity index (χ2n) is 5.87. The smallest absolute Gasteiger partial charge is 0.270 e. The lowest BCUT2D eigenvalue weighted by Crippen LogP contribution is -2.17. The van der Waals surface area contributed by atoms with Crippen LogP contribution in [0.1, 0.15) is 16.8 Å². The predicted molar refractivity (Wildman–Crippen MR) is 98.3 cm³/mol. The van der Waals surface area contributed by atoms with Crippen LogP contribution < -0.4 is 10.1 Å². The number of carbonyl (C=O) groups excluding carboxylic acids is 1. The molecule has 138 valence electrons. The van der Waals surface area contributed by atoms with Gasteiger partial charge in [0, 0.05) is 30.8 Å². The highest BCUT2D eigenvalue weighted by atomic mass is 32.1. The monoisotopic (exact) mass is 386 g/mol. The molecule has 0 bridgehead atoms. The molecule has 1 amide bonds. The summed E-state index contributed by atoms with van der Waals surface area (Å²) in [5.41, 5.74) is 0.924. The van der Waals surface area contributed by atoms with Gasteiger partial charge >= 0.3 is 0 Å². The Morgan fingerprint density at radius 3 is 2.96 bits per heavy atom. The summed E-state index contributed by atoms with van der Waals surface area (Å²) in [6.45, 7) is 1.22. The van der Waals surface area contributed by atoms with Gasteiger partial charge in [-0.25, -0.2) is 9.97 Å². The molecule has 1 aliphatic heterocycles. The first-order valence-corrected chi connectivity index (χ1v) is 8.97. The van der Waals surface area contributed by atoms with Crippen LogP contribution in [0.3, 0.4) is 0 Å². The van der Waals surface area contributed by atoms with Crippen LogP contribution >= 0.6 is 11.3 Å². The zero-order chi connectivity index (χ0) is 18.8. The highest BCUT2D eigenvalue weighted by molar-refractivity contribution is 7.22. The minimum Gasteiger partial charge on any atom is -0.472 e. The van der Waals surface area contributed by atoms with Crippen LogP contribution in [0, 0.1) is 10.1 Å². The third-order valence-electron chi connectivity index (χ3n) is 3.98. The summed E-state index contributed by atoms with van der Waals surface area (Å²) in [5, 5.41) is 13.9. The van der Waals surface area contributed by atoms with Gasteiger partial charge in [-0.2, -0.15) is 0 Å². The molecule has 1 atom stereocenters. The van der Waals surface area contributed by atoms with Crippen LogP contribution in [0.15, 0.2) is 36.5 Å². The number of nitro benzene ring substituents is 1. The highest BCUT2D eigenvalue weighted by Crippen LogP contribution is 2.29. The normalized spacial score (nSPS) is 16.4. The van der Waals surface area contributed by atoms with Crippen molar-refractivity contribution in [1.29, 1.82) is 0 Å². The molecule has 0 radical (unpaired) electrons. The van der Waals surface area contributed by atoms with Crippen molar-refractivity contribution in [2.24, 2.45) is 0 Å². The van der Waals surface area contributed by atoms with Gasteiger partial charge in [-0.3, -0.25) is 20.2 Å². The molecule has 3 heterocycles. The third-order valence-corrected chi connectivity index (χ3v) is 4.91. The number of hydrogen-bond donors (Lipinski definition) is 1. The van der Waals surface area contributed by atoms with Crippen molar-refractivity contribution in [1.82, 2.24) is 9.97 Å². The Morgan fingerprint density at radius 1 is 1.37 bits per heavy atom. The number of aromatic nitrogens is 2. The standard InChI is InChI=1S/C17H14N4O5S/c22-16(10-1-4-15(18-8-10)26-12-5-6-25-9-12)20-17-19-13-3-2-11(21(23)24)7-14(13)27-17/h1-4,7-8,12H,5-6,9H2,(H,19,20,22). The SMILES string of the molecule is O=C(Nc1nc2ccc([N+](=O)[O-])cc2s1)c1ccc(OC2CCOC2)nc1. The predicted octanol–water partition coefficient (Wildman–Crippen LogP) is 3.02. The molecule has 0 spiro atoms. The largest absolute Gasteiger partial charge is 0.472 e. The molecule has 1 unspecified atom stereocenters. The Labute approximate surface area is 157 Å². The van der Waals surface area contributed by atoms with E-state index in [4.69, 9.17) is 9.47 Å². The van der Waals surface area contributed by atoms with Crippen molar-refractivity contribution in [3.05, 3.63) is 52.2 Å². The van der Waals surface area contributed by atoms with Crippen molar-refractivity contribution in [3.8, 4) is 5.88 Å². The molecule has 1 saturated heterocycles. The number of ether oxygens (including phenoxy) is 2. The van der Waals surface area contributed by atoms with Gasteiger partial charge in [-0.05, 0) is 12.1 Å². The van der Waals surface area contributed by atoms with Crippen LogP contribution in [0.5, 0.6) is 5.88 Å². The minimum atomic E-state index is -0.468. The van der Waals surface area contributed by atoms with Gasteiger partial charge < -0.3 is 9.47 Å². The number of benzene rings is 1. The number of pyridine rings is 1. The van der Waals surface area contributed by atoms with Crippen LogP contribution in [-0.2, 0) is 4.74 Å². The van der Waals surface area contributed by atoms with Gasteiger partial charge in [0.2, 0.25) is 5.88 Å². The molecule has 9 nitrogen and oxygen atoms in total. The van der Waals surface area contributed by atoms with E-state index in [1.54, 1.807) is 18.2 Å². The maximum atomic E-state index is 12.4. The van der Waals surface area contributed by atoms with E-state index in [0.717, 1.165) is 6.42 Å². The molecule has 27 heavy (non-hydrogen) atoms. The number of thiazole rings is 1. The fourth-order valence-corrected chi connectivity index (χ4v) is 3.50.